The number of hydrogen-bond acceptors (Lipinski definition) is 4. The van der Waals surface area contributed by atoms with Crippen molar-refractivity contribution in [2.24, 2.45) is 5.73 Å². The molecule has 0 spiro atoms. The van der Waals surface area contributed by atoms with Crippen molar-refractivity contribution in [3.8, 4) is 0 Å². The Bertz CT molecular complexity index is 198. The lowest BCUT2D eigenvalue weighted by molar-refractivity contribution is -0.144. The van der Waals surface area contributed by atoms with Crippen LogP contribution < -0.4 is 5.73 Å². The molecule has 0 radical (unpaired) electrons. The van der Waals surface area contributed by atoms with Crippen molar-refractivity contribution < 1.29 is 9.53 Å². The minimum atomic E-state index is -0.336. The van der Waals surface area contributed by atoms with E-state index in [0.717, 1.165) is 12.2 Å². The van der Waals surface area contributed by atoms with Crippen LogP contribution in [0.3, 0.4) is 0 Å². The molecule has 0 aromatic rings. The van der Waals surface area contributed by atoms with E-state index in [1.807, 2.05) is 18.7 Å². The van der Waals surface area contributed by atoms with Gasteiger partial charge in [-0.15, -0.1) is 0 Å². The highest BCUT2D eigenvalue weighted by atomic mass is 32.2. The average Bonchev–Trinajstić information content (AvgIpc) is 2.32. The fraction of sp³-hybridized carbons (Fsp3) is 0.889. The van der Waals surface area contributed by atoms with Gasteiger partial charge in [0.25, 0.3) is 0 Å². The molecule has 1 heterocycles. The molecule has 0 aromatic heterocycles. The number of ether oxygens (including phenoxy) is 1. The first-order valence-electron chi connectivity index (χ1n) is 4.64. The summed E-state index contributed by atoms with van der Waals surface area (Å²) in [6.07, 6.45) is 1.27. The minimum absolute atomic E-state index is 0.167. The van der Waals surface area contributed by atoms with Crippen LogP contribution in [-0.2, 0) is 9.53 Å². The zero-order valence-corrected chi connectivity index (χ0v) is 9.02. The van der Waals surface area contributed by atoms with Gasteiger partial charge in [0.2, 0.25) is 0 Å². The summed E-state index contributed by atoms with van der Waals surface area (Å²) in [4.78, 5) is 11.2. The van der Waals surface area contributed by atoms with Gasteiger partial charge in [-0.1, -0.05) is 6.92 Å². The third-order valence-electron chi connectivity index (χ3n) is 2.52. The van der Waals surface area contributed by atoms with Crippen molar-refractivity contribution in [2.75, 3.05) is 12.4 Å². The van der Waals surface area contributed by atoms with Crippen molar-refractivity contribution in [1.82, 2.24) is 0 Å². The van der Waals surface area contributed by atoms with E-state index < -0.39 is 0 Å². The summed E-state index contributed by atoms with van der Waals surface area (Å²) in [6, 6.07) is 0. The van der Waals surface area contributed by atoms with Crippen molar-refractivity contribution in [3.63, 3.8) is 0 Å². The van der Waals surface area contributed by atoms with E-state index in [2.05, 4.69) is 6.92 Å². The van der Waals surface area contributed by atoms with E-state index in [1.165, 1.54) is 0 Å². The van der Waals surface area contributed by atoms with E-state index in [9.17, 15) is 4.79 Å². The molecular weight excluding hydrogens is 186 g/mol. The first-order valence-corrected chi connectivity index (χ1v) is 5.69. The predicted molar refractivity (Wildman–Crippen MR) is 54.7 cm³/mol. The molecule has 1 fully saturated rings. The molecule has 0 bridgehead atoms. The van der Waals surface area contributed by atoms with Crippen LogP contribution in [0.5, 0.6) is 0 Å². The zero-order chi connectivity index (χ0) is 9.90. The topological polar surface area (TPSA) is 52.3 Å². The van der Waals surface area contributed by atoms with Crippen LogP contribution in [0.4, 0.5) is 0 Å². The van der Waals surface area contributed by atoms with Gasteiger partial charge in [-0.25, -0.2) is 0 Å². The summed E-state index contributed by atoms with van der Waals surface area (Å²) in [7, 11) is 0. The number of rotatable bonds is 3. The van der Waals surface area contributed by atoms with Crippen molar-refractivity contribution in [3.05, 3.63) is 0 Å². The Labute approximate surface area is 83.4 Å². The summed E-state index contributed by atoms with van der Waals surface area (Å²) < 4.78 is 4.89. The van der Waals surface area contributed by atoms with Gasteiger partial charge in [-0.3, -0.25) is 4.79 Å². The van der Waals surface area contributed by atoms with Gasteiger partial charge in [0.1, 0.15) is 0 Å². The molecule has 0 saturated carbocycles. The van der Waals surface area contributed by atoms with Gasteiger partial charge in [-0.2, -0.15) is 11.8 Å². The highest BCUT2D eigenvalue weighted by Crippen LogP contribution is 2.36. The lowest BCUT2D eigenvalue weighted by atomic mass is 9.90. The highest BCUT2D eigenvalue weighted by molar-refractivity contribution is 8.00. The van der Waals surface area contributed by atoms with Gasteiger partial charge >= 0.3 is 5.97 Å². The first kappa shape index (κ1) is 10.9. The SMILES string of the molecule is CCOC(=O)CC1(N)CCSC1C. The second-order valence-electron chi connectivity index (χ2n) is 3.48. The molecule has 2 unspecified atom stereocenters. The third kappa shape index (κ3) is 2.61. The van der Waals surface area contributed by atoms with Crippen LogP contribution in [0.1, 0.15) is 26.7 Å². The average molecular weight is 203 g/mol. The summed E-state index contributed by atoms with van der Waals surface area (Å²) in [6.45, 7) is 4.33. The lowest BCUT2D eigenvalue weighted by Gasteiger charge is -2.26. The molecule has 2 atom stereocenters. The number of hydrogen-bond donors (Lipinski definition) is 1. The summed E-state index contributed by atoms with van der Waals surface area (Å²) in [5, 5.41) is 0.358. The number of nitrogens with two attached hydrogens (primary N) is 1. The van der Waals surface area contributed by atoms with Crippen molar-refractivity contribution in [1.29, 1.82) is 0 Å². The second-order valence-corrected chi connectivity index (χ2v) is 4.93. The van der Waals surface area contributed by atoms with Gasteiger partial charge < -0.3 is 10.5 Å². The molecule has 0 aliphatic carbocycles. The zero-order valence-electron chi connectivity index (χ0n) is 8.21. The Balaban J connectivity index is 2.46. The molecule has 1 rings (SSSR count). The Morgan fingerprint density at radius 2 is 2.46 bits per heavy atom. The van der Waals surface area contributed by atoms with E-state index >= 15 is 0 Å². The molecule has 1 saturated heterocycles. The summed E-state index contributed by atoms with van der Waals surface area (Å²) >= 11 is 1.83. The first-order chi connectivity index (χ1) is 6.08. The Hall–Kier alpha value is -0.220. The van der Waals surface area contributed by atoms with Crippen molar-refractivity contribution >= 4 is 17.7 Å². The van der Waals surface area contributed by atoms with Crippen LogP contribution in [-0.4, -0.2) is 29.1 Å². The monoisotopic (exact) mass is 203 g/mol. The van der Waals surface area contributed by atoms with E-state index in [0.29, 0.717) is 18.3 Å². The molecule has 76 valence electrons. The number of carbonyl (C=O) groups is 1. The summed E-state index contributed by atoms with van der Waals surface area (Å²) in [5.74, 6) is 0.885. The maximum absolute atomic E-state index is 11.2. The van der Waals surface area contributed by atoms with Gasteiger partial charge in [-0.05, 0) is 19.1 Å². The number of thioether (sulfide) groups is 1. The molecule has 3 nitrogen and oxygen atoms in total. The Morgan fingerprint density at radius 1 is 1.77 bits per heavy atom. The normalized spacial score (nSPS) is 33.3. The standard InChI is InChI=1S/C9H17NO2S/c1-3-12-8(11)6-9(10)4-5-13-7(9)2/h7H,3-6,10H2,1-2H3. The summed E-state index contributed by atoms with van der Waals surface area (Å²) in [5.41, 5.74) is 5.78. The van der Waals surface area contributed by atoms with Gasteiger partial charge in [0, 0.05) is 10.8 Å². The van der Waals surface area contributed by atoms with E-state index in [1.54, 1.807) is 0 Å². The number of esters is 1. The fourth-order valence-corrected chi connectivity index (χ4v) is 2.89. The van der Waals surface area contributed by atoms with E-state index in [-0.39, 0.29) is 11.5 Å². The smallest absolute Gasteiger partial charge is 0.307 e. The highest BCUT2D eigenvalue weighted by Gasteiger charge is 2.39. The second kappa shape index (κ2) is 4.33. The Morgan fingerprint density at radius 3 is 2.92 bits per heavy atom. The maximum atomic E-state index is 11.2. The molecular formula is C9H17NO2S. The van der Waals surface area contributed by atoms with Crippen molar-refractivity contribution in [2.45, 2.75) is 37.5 Å². The number of carbonyl (C=O) groups excluding carboxylic acids is 1. The van der Waals surface area contributed by atoms with Gasteiger partial charge in [0.05, 0.1) is 13.0 Å². The quantitative estimate of drug-likeness (QED) is 0.699. The molecule has 1 aliphatic rings. The molecule has 4 heteroatoms. The van der Waals surface area contributed by atoms with Crippen LogP contribution in [0, 0.1) is 0 Å². The van der Waals surface area contributed by atoms with Gasteiger partial charge in [0.15, 0.2) is 0 Å². The van der Waals surface area contributed by atoms with E-state index in [4.69, 9.17) is 10.5 Å². The minimum Gasteiger partial charge on any atom is -0.466 e. The van der Waals surface area contributed by atoms with Crippen LogP contribution in [0.15, 0.2) is 0 Å². The van der Waals surface area contributed by atoms with Crippen LogP contribution in [0.25, 0.3) is 0 Å². The molecule has 0 aromatic carbocycles. The molecule has 2 N–H and O–H groups in total. The lowest BCUT2D eigenvalue weighted by Crippen LogP contribution is -2.46. The van der Waals surface area contributed by atoms with Crippen LogP contribution >= 0.6 is 11.8 Å². The molecule has 1 aliphatic heterocycles. The predicted octanol–water partition coefficient (Wildman–Crippen LogP) is 1.16. The molecule has 13 heavy (non-hydrogen) atoms. The van der Waals surface area contributed by atoms with Crippen LogP contribution in [0.2, 0.25) is 0 Å². The largest absolute Gasteiger partial charge is 0.466 e. The Kier molecular flexibility index (Phi) is 3.62. The maximum Gasteiger partial charge on any atom is 0.307 e. The molecule has 0 amide bonds. The third-order valence-corrected chi connectivity index (χ3v) is 3.93. The fourth-order valence-electron chi connectivity index (χ4n) is 1.51.